The van der Waals surface area contributed by atoms with Gasteiger partial charge in [0.1, 0.15) is 5.01 Å². The summed E-state index contributed by atoms with van der Waals surface area (Å²) in [5, 5.41) is 7.00. The molecule has 0 spiro atoms. The van der Waals surface area contributed by atoms with Gasteiger partial charge < -0.3 is 0 Å². The van der Waals surface area contributed by atoms with Gasteiger partial charge in [-0.25, -0.2) is 4.98 Å². The van der Waals surface area contributed by atoms with E-state index in [-0.39, 0.29) is 0 Å². The van der Waals surface area contributed by atoms with Gasteiger partial charge >= 0.3 is 0 Å². The molecule has 0 radical (unpaired) electrons. The van der Waals surface area contributed by atoms with E-state index in [1.54, 1.807) is 22.2 Å². The van der Waals surface area contributed by atoms with Crippen molar-refractivity contribution in [2.75, 3.05) is 0 Å². The van der Waals surface area contributed by atoms with E-state index in [2.05, 4.69) is 10.1 Å². The minimum atomic E-state index is -0.971. The maximum Gasteiger partial charge on any atom is 0.126 e. The molecule has 0 bridgehead atoms. The van der Waals surface area contributed by atoms with Gasteiger partial charge in [0.05, 0.1) is 27.7 Å². The molecule has 0 unspecified atom stereocenters. The number of hydrogen-bond donors (Lipinski definition) is 0. The lowest BCUT2D eigenvalue weighted by Crippen LogP contribution is -1.98. The summed E-state index contributed by atoms with van der Waals surface area (Å²) in [6.07, 6.45) is 3.71. The molecule has 0 aromatic carbocycles. The number of hydrogen-bond acceptors (Lipinski definition) is 5. The van der Waals surface area contributed by atoms with Crippen LogP contribution in [0.3, 0.4) is 0 Å². The van der Waals surface area contributed by atoms with Crippen LogP contribution in [-0.2, 0) is 29.4 Å². The Morgan fingerprint density at radius 2 is 2.24 bits per heavy atom. The topological polar surface area (TPSA) is 47.8 Å². The summed E-state index contributed by atoms with van der Waals surface area (Å²) in [7, 11) is 0.903. The zero-order valence-corrected chi connectivity index (χ0v) is 14.4. The summed E-state index contributed by atoms with van der Waals surface area (Å²) in [6, 6.07) is 3.76. The molecule has 110 valence electrons. The molecular formula is C13H12ClN3OS3. The van der Waals surface area contributed by atoms with Crippen LogP contribution in [-0.4, -0.2) is 19.0 Å². The van der Waals surface area contributed by atoms with Crippen molar-refractivity contribution in [3.05, 3.63) is 44.8 Å². The molecule has 0 saturated heterocycles. The highest BCUT2D eigenvalue weighted by Gasteiger charge is 2.10. The predicted octanol–water partition coefficient (Wildman–Crippen LogP) is 3.71. The molecule has 0 saturated carbocycles. The fourth-order valence-corrected chi connectivity index (χ4v) is 5.25. The minimum Gasteiger partial charge on any atom is -0.275 e. The van der Waals surface area contributed by atoms with Crippen molar-refractivity contribution in [3.63, 3.8) is 0 Å². The fourth-order valence-electron chi connectivity index (χ4n) is 1.84. The molecule has 0 fully saturated rings. The molecule has 0 aliphatic heterocycles. The minimum absolute atomic E-state index is 0.465. The monoisotopic (exact) mass is 357 g/mol. The van der Waals surface area contributed by atoms with Crippen LogP contribution in [0.25, 0.3) is 10.6 Å². The van der Waals surface area contributed by atoms with Gasteiger partial charge in [0.15, 0.2) is 0 Å². The zero-order valence-electron chi connectivity index (χ0n) is 11.2. The number of aryl methyl sites for hydroxylation is 1. The van der Waals surface area contributed by atoms with E-state index < -0.39 is 10.8 Å². The van der Waals surface area contributed by atoms with Gasteiger partial charge in [-0.05, 0) is 12.1 Å². The van der Waals surface area contributed by atoms with Gasteiger partial charge in [-0.2, -0.15) is 5.10 Å². The summed E-state index contributed by atoms with van der Waals surface area (Å²) in [5.74, 6) is 0.990. The molecule has 3 aromatic rings. The maximum atomic E-state index is 12.2. The first-order valence-electron chi connectivity index (χ1n) is 6.13. The third-order valence-electron chi connectivity index (χ3n) is 2.74. The van der Waals surface area contributed by atoms with Crippen molar-refractivity contribution in [1.82, 2.24) is 14.8 Å². The van der Waals surface area contributed by atoms with Crippen LogP contribution in [0.1, 0.15) is 10.6 Å². The average molecular weight is 358 g/mol. The number of nitrogens with zero attached hydrogens (tertiary/aromatic N) is 3. The van der Waals surface area contributed by atoms with Crippen LogP contribution in [0.4, 0.5) is 0 Å². The number of thiazole rings is 1. The Morgan fingerprint density at radius 1 is 1.38 bits per heavy atom. The van der Waals surface area contributed by atoms with Crippen molar-refractivity contribution in [3.8, 4) is 10.6 Å². The van der Waals surface area contributed by atoms with Crippen molar-refractivity contribution >= 4 is 45.1 Å². The third kappa shape index (κ3) is 3.79. The Morgan fingerprint density at radius 3 is 2.90 bits per heavy atom. The van der Waals surface area contributed by atoms with Gasteiger partial charge in [0.2, 0.25) is 0 Å². The third-order valence-corrected chi connectivity index (χ3v) is 6.35. The van der Waals surface area contributed by atoms with Gasteiger partial charge in [-0.15, -0.1) is 22.7 Å². The molecule has 0 N–H and O–H groups in total. The van der Waals surface area contributed by atoms with E-state index in [1.165, 1.54) is 11.3 Å². The second kappa shape index (κ2) is 6.39. The average Bonchev–Trinajstić information content (AvgIpc) is 3.12. The van der Waals surface area contributed by atoms with Gasteiger partial charge in [0.25, 0.3) is 0 Å². The Bertz CT molecular complexity index is 777. The van der Waals surface area contributed by atoms with Crippen LogP contribution in [0.2, 0.25) is 4.34 Å². The Kier molecular flexibility index (Phi) is 4.54. The lowest BCUT2D eigenvalue weighted by Gasteiger charge is -1.97. The smallest absolute Gasteiger partial charge is 0.126 e. The Labute approximate surface area is 137 Å². The van der Waals surface area contributed by atoms with E-state index in [1.807, 2.05) is 30.8 Å². The molecule has 3 aromatic heterocycles. The molecule has 0 amide bonds. The van der Waals surface area contributed by atoms with Crippen LogP contribution < -0.4 is 0 Å². The van der Waals surface area contributed by atoms with E-state index >= 15 is 0 Å². The number of halogens is 1. The highest BCUT2D eigenvalue weighted by molar-refractivity contribution is 7.83. The summed E-state index contributed by atoms with van der Waals surface area (Å²) in [6.45, 7) is 0. The number of rotatable bonds is 5. The van der Waals surface area contributed by atoms with E-state index in [0.29, 0.717) is 11.5 Å². The molecule has 4 nitrogen and oxygen atoms in total. The highest BCUT2D eigenvalue weighted by atomic mass is 35.5. The normalized spacial score (nSPS) is 12.7. The highest BCUT2D eigenvalue weighted by Crippen LogP contribution is 2.25. The zero-order chi connectivity index (χ0) is 14.8. The van der Waals surface area contributed by atoms with Gasteiger partial charge in [0, 0.05) is 39.9 Å². The summed E-state index contributed by atoms with van der Waals surface area (Å²) >= 11 is 8.90. The second-order valence-corrected chi connectivity index (χ2v) is 8.60. The molecule has 21 heavy (non-hydrogen) atoms. The molecule has 8 heteroatoms. The lowest BCUT2D eigenvalue weighted by molar-refractivity contribution is 0.682. The molecule has 0 aliphatic carbocycles. The largest absolute Gasteiger partial charge is 0.275 e. The molecule has 3 heterocycles. The van der Waals surface area contributed by atoms with Crippen LogP contribution in [0, 0.1) is 0 Å². The molecular weight excluding hydrogens is 346 g/mol. The molecule has 3 rings (SSSR count). The Hall–Kier alpha value is -1.02. The lowest BCUT2D eigenvalue weighted by atomic mass is 10.4. The number of thiophene rings is 1. The fraction of sp³-hybridized carbons (Fsp3) is 0.231. The second-order valence-electron chi connectivity index (χ2n) is 4.48. The summed E-state index contributed by atoms with van der Waals surface area (Å²) < 4.78 is 14.6. The quantitative estimate of drug-likeness (QED) is 0.699. The van der Waals surface area contributed by atoms with Gasteiger partial charge in [-0.1, -0.05) is 11.6 Å². The molecule has 0 aliphatic rings. The van der Waals surface area contributed by atoms with Crippen molar-refractivity contribution in [2.45, 2.75) is 11.5 Å². The molecule has 1 atom stereocenters. The summed E-state index contributed by atoms with van der Waals surface area (Å²) in [4.78, 5) is 5.57. The Balaban J connectivity index is 1.65. The van der Waals surface area contributed by atoms with Crippen molar-refractivity contribution in [1.29, 1.82) is 0 Å². The van der Waals surface area contributed by atoms with E-state index in [4.69, 9.17) is 11.6 Å². The van der Waals surface area contributed by atoms with E-state index in [0.717, 1.165) is 25.5 Å². The summed E-state index contributed by atoms with van der Waals surface area (Å²) in [5.41, 5.74) is 1.85. The maximum absolute atomic E-state index is 12.2. The SMILES string of the molecule is Cn1cc(-c2nc(C[S@](=O)Cc3ccc(Cl)s3)cs2)cn1. The van der Waals surface area contributed by atoms with Crippen molar-refractivity contribution < 1.29 is 4.21 Å². The standard InChI is InChI=1S/C13H12ClN3OS3/c1-17-5-9(4-15-17)13-16-10(6-19-13)7-21(18)8-11-2-3-12(14)20-11/h2-6H,7-8H2,1H3/t21-/m0/s1. The first-order chi connectivity index (χ1) is 10.1. The van der Waals surface area contributed by atoms with Crippen LogP contribution in [0.5, 0.6) is 0 Å². The van der Waals surface area contributed by atoms with Crippen molar-refractivity contribution in [2.24, 2.45) is 7.05 Å². The first kappa shape index (κ1) is 14.9. The van der Waals surface area contributed by atoms with Gasteiger partial charge in [-0.3, -0.25) is 8.89 Å². The first-order valence-corrected chi connectivity index (χ1v) is 9.69. The van der Waals surface area contributed by atoms with Crippen LogP contribution in [0.15, 0.2) is 29.9 Å². The van der Waals surface area contributed by atoms with E-state index in [9.17, 15) is 4.21 Å². The predicted molar refractivity (Wildman–Crippen MR) is 89.2 cm³/mol. The van der Waals surface area contributed by atoms with Crippen LogP contribution >= 0.6 is 34.3 Å². The number of aromatic nitrogens is 3.